The SMILES string of the molecule is COc1cc([C@@H]2c3cc4c(cc3[C@H](O)[C@H]3CSC[C@H]23)OCO4)cc(OC)c1OC. The molecule has 6 nitrogen and oxygen atoms in total. The first-order valence-electron chi connectivity index (χ1n) is 9.65. The summed E-state index contributed by atoms with van der Waals surface area (Å²) in [5, 5.41) is 11.1. The van der Waals surface area contributed by atoms with E-state index in [1.807, 2.05) is 36.0 Å². The van der Waals surface area contributed by atoms with Crippen molar-refractivity contribution < 1.29 is 28.8 Å². The molecular weight excluding hydrogens is 392 g/mol. The number of hydrogen-bond acceptors (Lipinski definition) is 7. The molecule has 4 atom stereocenters. The fraction of sp³-hybridized carbons (Fsp3) is 0.455. The first-order valence-corrected chi connectivity index (χ1v) is 10.8. The van der Waals surface area contributed by atoms with Gasteiger partial charge < -0.3 is 28.8 Å². The quantitative estimate of drug-likeness (QED) is 0.817. The Kier molecular flexibility index (Phi) is 4.67. The summed E-state index contributed by atoms with van der Waals surface area (Å²) in [4.78, 5) is 0. The van der Waals surface area contributed by atoms with Crippen LogP contribution in [0.2, 0.25) is 0 Å². The lowest BCUT2D eigenvalue weighted by Crippen LogP contribution is -2.33. The van der Waals surface area contributed by atoms with Crippen molar-refractivity contribution in [1.29, 1.82) is 0 Å². The van der Waals surface area contributed by atoms with E-state index in [9.17, 15) is 5.11 Å². The molecule has 1 N–H and O–H groups in total. The second kappa shape index (κ2) is 7.22. The highest BCUT2D eigenvalue weighted by molar-refractivity contribution is 7.99. The monoisotopic (exact) mass is 416 g/mol. The molecule has 0 bridgehead atoms. The van der Waals surface area contributed by atoms with E-state index in [2.05, 4.69) is 0 Å². The molecular formula is C22H24O6S. The summed E-state index contributed by atoms with van der Waals surface area (Å²) in [7, 11) is 4.87. The van der Waals surface area contributed by atoms with Gasteiger partial charge in [0.1, 0.15) is 0 Å². The molecule has 3 aliphatic rings. The van der Waals surface area contributed by atoms with Gasteiger partial charge in [0.25, 0.3) is 0 Å². The van der Waals surface area contributed by atoms with Gasteiger partial charge in [-0.25, -0.2) is 0 Å². The highest BCUT2D eigenvalue weighted by Crippen LogP contribution is 2.57. The number of hydrogen-bond donors (Lipinski definition) is 1. The van der Waals surface area contributed by atoms with E-state index in [4.69, 9.17) is 23.7 Å². The number of fused-ring (bicyclic) bond motifs is 3. The molecule has 1 aliphatic carbocycles. The minimum Gasteiger partial charge on any atom is -0.493 e. The molecule has 154 valence electrons. The zero-order chi connectivity index (χ0) is 20.1. The smallest absolute Gasteiger partial charge is 0.231 e. The maximum Gasteiger partial charge on any atom is 0.231 e. The topological polar surface area (TPSA) is 66.4 Å². The van der Waals surface area contributed by atoms with E-state index >= 15 is 0 Å². The Morgan fingerprint density at radius 2 is 1.48 bits per heavy atom. The minimum absolute atomic E-state index is 0.0941. The standard InChI is InChI=1S/C22H24O6S/c1-24-18-4-11(5-19(25-2)22(18)26-3)20-12-6-16-17(28-10-27-16)7-13(12)21(23)15-9-29-8-14(15)20/h4-7,14-15,20-21,23H,8-10H2,1-3H3/t14-,15-,20+,21-/m0/s1. The molecule has 0 amide bonds. The molecule has 0 spiro atoms. The van der Waals surface area contributed by atoms with Crippen molar-refractivity contribution in [2.45, 2.75) is 12.0 Å². The maximum absolute atomic E-state index is 11.1. The average molecular weight is 416 g/mol. The molecule has 0 aromatic heterocycles. The number of thioether (sulfide) groups is 1. The predicted molar refractivity (Wildman–Crippen MR) is 110 cm³/mol. The van der Waals surface area contributed by atoms with Crippen LogP contribution < -0.4 is 23.7 Å². The third-order valence-corrected chi connectivity index (χ3v) is 7.52. The van der Waals surface area contributed by atoms with Gasteiger partial charge in [-0.1, -0.05) is 0 Å². The van der Waals surface area contributed by atoms with Gasteiger partial charge in [0, 0.05) is 11.8 Å². The van der Waals surface area contributed by atoms with E-state index in [-0.39, 0.29) is 18.6 Å². The molecule has 2 aliphatic heterocycles. The Hall–Kier alpha value is -2.25. The molecule has 7 heteroatoms. The molecule has 0 saturated carbocycles. The molecule has 0 unspecified atom stereocenters. The van der Waals surface area contributed by atoms with Crippen LogP contribution in [0.1, 0.15) is 28.7 Å². The fourth-order valence-corrected chi connectivity index (χ4v) is 6.47. The predicted octanol–water partition coefficient (Wildman–Crippen LogP) is 3.60. The van der Waals surface area contributed by atoms with Crippen molar-refractivity contribution in [3.8, 4) is 28.7 Å². The van der Waals surface area contributed by atoms with Gasteiger partial charge in [-0.2, -0.15) is 11.8 Å². The Bertz CT molecular complexity index is 920. The van der Waals surface area contributed by atoms with Crippen LogP contribution in [0, 0.1) is 11.8 Å². The van der Waals surface area contributed by atoms with E-state index in [1.54, 1.807) is 21.3 Å². The van der Waals surface area contributed by atoms with Crippen LogP contribution in [-0.2, 0) is 0 Å². The van der Waals surface area contributed by atoms with Gasteiger partial charge in [-0.3, -0.25) is 0 Å². The van der Waals surface area contributed by atoms with Crippen LogP contribution in [0.15, 0.2) is 24.3 Å². The lowest BCUT2D eigenvalue weighted by molar-refractivity contribution is 0.0775. The third-order valence-electron chi connectivity index (χ3n) is 6.28. The molecule has 0 radical (unpaired) electrons. The molecule has 1 saturated heterocycles. The number of rotatable bonds is 4. The van der Waals surface area contributed by atoms with Gasteiger partial charge in [0.15, 0.2) is 23.0 Å². The lowest BCUT2D eigenvalue weighted by Gasteiger charge is -2.39. The summed E-state index contributed by atoms with van der Waals surface area (Å²) in [6, 6.07) is 8.04. The Morgan fingerprint density at radius 1 is 0.862 bits per heavy atom. The van der Waals surface area contributed by atoms with Crippen LogP contribution >= 0.6 is 11.8 Å². The van der Waals surface area contributed by atoms with Crippen LogP contribution in [0.25, 0.3) is 0 Å². The number of aliphatic hydroxyl groups excluding tert-OH is 1. The van der Waals surface area contributed by atoms with Gasteiger partial charge >= 0.3 is 0 Å². The van der Waals surface area contributed by atoms with Crippen molar-refractivity contribution in [2.75, 3.05) is 39.6 Å². The van der Waals surface area contributed by atoms with Gasteiger partial charge in [-0.05, 0) is 58.4 Å². The maximum atomic E-state index is 11.1. The Morgan fingerprint density at radius 3 is 2.10 bits per heavy atom. The summed E-state index contributed by atoms with van der Waals surface area (Å²) in [5.74, 6) is 5.83. The van der Waals surface area contributed by atoms with Gasteiger partial charge in [0.05, 0.1) is 27.4 Å². The molecule has 2 aromatic carbocycles. The van der Waals surface area contributed by atoms with Crippen molar-refractivity contribution in [3.05, 3.63) is 41.0 Å². The number of aliphatic hydroxyl groups is 1. The van der Waals surface area contributed by atoms with Crippen molar-refractivity contribution in [1.82, 2.24) is 0 Å². The Labute approximate surface area is 174 Å². The van der Waals surface area contributed by atoms with Crippen molar-refractivity contribution in [3.63, 3.8) is 0 Å². The molecule has 2 heterocycles. The second-order valence-electron chi connectivity index (χ2n) is 7.58. The largest absolute Gasteiger partial charge is 0.493 e. The van der Waals surface area contributed by atoms with Crippen LogP contribution in [0.4, 0.5) is 0 Å². The zero-order valence-corrected chi connectivity index (χ0v) is 17.5. The molecule has 2 aromatic rings. The summed E-state index contributed by atoms with van der Waals surface area (Å²) in [6.45, 7) is 0.214. The second-order valence-corrected chi connectivity index (χ2v) is 8.66. The highest BCUT2D eigenvalue weighted by atomic mass is 32.2. The van der Waals surface area contributed by atoms with Crippen LogP contribution in [0.3, 0.4) is 0 Å². The van der Waals surface area contributed by atoms with Gasteiger partial charge in [0.2, 0.25) is 12.5 Å². The van der Waals surface area contributed by atoms with E-state index in [1.165, 1.54) is 0 Å². The zero-order valence-electron chi connectivity index (χ0n) is 16.6. The first kappa shape index (κ1) is 18.8. The molecule has 5 rings (SSSR count). The highest BCUT2D eigenvalue weighted by Gasteiger charge is 2.46. The van der Waals surface area contributed by atoms with Crippen molar-refractivity contribution >= 4 is 11.8 Å². The van der Waals surface area contributed by atoms with Crippen molar-refractivity contribution in [2.24, 2.45) is 11.8 Å². The van der Waals surface area contributed by atoms with E-state index < -0.39 is 6.10 Å². The number of methoxy groups -OCH3 is 3. The normalized spacial score (nSPS) is 26.6. The fourth-order valence-electron chi connectivity index (χ4n) is 4.92. The summed E-state index contributed by atoms with van der Waals surface area (Å²) < 4.78 is 27.9. The minimum atomic E-state index is -0.502. The molecule has 1 fully saturated rings. The van der Waals surface area contributed by atoms with Gasteiger partial charge in [-0.15, -0.1) is 0 Å². The third kappa shape index (κ3) is 2.82. The average Bonchev–Trinajstić information content (AvgIpc) is 3.41. The summed E-state index contributed by atoms with van der Waals surface area (Å²) in [5.41, 5.74) is 3.10. The van der Waals surface area contributed by atoms with Crippen LogP contribution in [-0.4, -0.2) is 44.7 Å². The Balaban J connectivity index is 1.71. The van der Waals surface area contributed by atoms with Crippen LogP contribution in [0.5, 0.6) is 28.7 Å². The summed E-state index contributed by atoms with van der Waals surface area (Å²) in [6.07, 6.45) is -0.502. The van der Waals surface area contributed by atoms with E-state index in [0.29, 0.717) is 28.9 Å². The number of benzene rings is 2. The van der Waals surface area contributed by atoms with E-state index in [0.717, 1.165) is 33.9 Å². The first-order chi connectivity index (χ1) is 14.2. The summed E-state index contributed by atoms with van der Waals surface area (Å²) >= 11 is 1.90. The number of ether oxygens (including phenoxy) is 5. The molecule has 29 heavy (non-hydrogen) atoms. The lowest BCUT2D eigenvalue weighted by atomic mass is 9.66.